The number of amides is 3. The third-order valence-corrected chi connectivity index (χ3v) is 6.68. The first-order valence-corrected chi connectivity index (χ1v) is 11.6. The van der Waals surface area contributed by atoms with Crippen molar-refractivity contribution in [3.8, 4) is 0 Å². The molecule has 0 radical (unpaired) electrons. The number of para-hydroxylation sites is 1. The molecule has 2 aliphatic rings. The van der Waals surface area contributed by atoms with E-state index in [1.54, 1.807) is 40.5 Å². The lowest BCUT2D eigenvalue weighted by molar-refractivity contribution is -0.125. The number of thiazole rings is 1. The molecule has 1 N–H and O–H groups in total. The molecule has 3 heterocycles. The van der Waals surface area contributed by atoms with Crippen LogP contribution in [0.15, 0.2) is 29.6 Å². The Morgan fingerprint density at radius 1 is 1.26 bits per heavy atom. The third kappa shape index (κ3) is 4.35. The van der Waals surface area contributed by atoms with Crippen LogP contribution in [0.1, 0.15) is 54.7 Å². The maximum absolute atomic E-state index is 13.2. The van der Waals surface area contributed by atoms with Crippen LogP contribution in [-0.4, -0.2) is 53.3 Å². The molecule has 8 heteroatoms. The van der Waals surface area contributed by atoms with Gasteiger partial charge in [0.05, 0.1) is 22.0 Å². The van der Waals surface area contributed by atoms with E-state index in [0.717, 1.165) is 17.1 Å². The molecule has 1 fully saturated rings. The Balaban J connectivity index is 1.43. The SMILES string of the molecule is CC(C)(C)c1csc(CCNC(=O)CN2C(=O)C3CCCN3C(=O)c3ccccc32)n1. The van der Waals surface area contributed by atoms with Gasteiger partial charge in [-0.1, -0.05) is 32.9 Å². The molecule has 0 bridgehead atoms. The summed E-state index contributed by atoms with van der Waals surface area (Å²) in [5, 5.41) is 5.95. The van der Waals surface area contributed by atoms with Crippen molar-refractivity contribution in [3.63, 3.8) is 0 Å². The number of rotatable bonds is 5. The van der Waals surface area contributed by atoms with Crippen LogP contribution in [0.3, 0.4) is 0 Å². The zero-order valence-electron chi connectivity index (χ0n) is 18.2. The highest BCUT2D eigenvalue weighted by atomic mass is 32.1. The average molecular weight is 441 g/mol. The van der Waals surface area contributed by atoms with Gasteiger partial charge in [-0.25, -0.2) is 4.98 Å². The average Bonchev–Trinajstić information content (AvgIpc) is 3.39. The molecule has 7 nitrogen and oxygen atoms in total. The van der Waals surface area contributed by atoms with Gasteiger partial charge in [0.15, 0.2) is 0 Å². The van der Waals surface area contributed by atoms with Crippen LogP contribution in [0.2, 0.25) is 0 Å². The topological polar surface area (TPSA) is 82.6 Å². The van der Waals surface area contributed by atoms with E-state index in [0.29, 0.717) is 37.2 Å². The molecule has 2 aromatic rings. The number of fused-ring (bicyclic) bond motifs is 2. The summed E-state index contributed by atoms with van der Waals surface area (Å²) < 4.78 is 0. The van der Waals surface area contributed by atoms with Crippen molar-refractivity contribution in [2.75, 3.05) is 24.5 Å². The first kappa shape index (κ1) is 21.5. The molecule has 0 saturated carbocycles. The quantitative estimate of drug-likeness (QED) is 0.775. The molecule has 1 aromatic carbocycles. The molecule has 4 rings (SSSR count). The predicted molar refractivity (Wildman–Crippen MR) is 120 cm³/mol. The van der Waals surface area contributed by atoms with Gasteiger partial charge < -0.3 is 15.1 Å². The summed E-state index contributed by atoms with van der Waals surface area (Å²) in [5.74, 6) is -0.553. The van der Waals surface area contributed by atoms with E-state index in [-0.39, 0.29) is 29.7 Å². The van der Waals surface area contributed by atoms with E-state index in [9.17, 15) is 14.4 Å². The van der Waals surface area contributed by atoms with E-state index >= 15 is 0 Å². The lowest BCUT2D eigenvalue weighted by atomic mass is 9.93. The summed E-state index contributed by atoms with van der Waals surface area (Å²) in [4.78, 5) is 46.6. The summed E-state index contributed by atoms with van der Waals surface area (Å²) in [6.07, 6.45) is 2.08. The van der Waals surface area contributed by atoms with Crippen molar-refractivity contribution in [2.45, 2.75) is 51.5 Å². The second-order valence-electron chi connectivity index (χ2n) is 9.07. The zero-order chi connectivity index (χ0) is 22.2. The van der Waals surface area contributed by atoms with Crippen molar-refractivity contribution < 1.29 is 14.4 Å². The maximum atomic E-state index is 13.2. The molecular weight excluding hydrogens is 412 g/mol. The van der Waals surface area contributed by atoms with E-state index in [1.165, 1.54) is 4.90 Å². The number of carbonyl (C=O) groups excluding carboxylic acids is 3. The van der Waals surface area contributed by atoms with Gasteiger partial charge in [0.25, 0.3) is 5.91 Å². The van der Waals surface area contributed by atoms with Gasteiger partial charge in [0, 0.05) is 30.3 Å². The van der Waals surface area contributed by atoms with Gasteiger partial charge in [-0.3, -0.25) is 14.4 Å². The minimum atomic E-state index is -0.487. The maximum Gasteiger partial charge on any atom is 0.256 e. The third-order valence-electron chi connectivity index (χ3n) is 5.77. The number of anilines is 1. The highest BCUT2D eigenvalue weighted by Gasteiger charge is 2.42. The Kier molecular flexibility index (Phi) is 5.83. The first-order chi connectivity index (χ1) is 14.8. The predicted octanol–water partition coefficient (Wildman–Crippen LogP) is 2.75. The molecule has 2 aliphatic heterocycles. The van der Waals surface area contributed by atoms with Crippen molar-refractivity contribution in [2.24, 2.45) is 0 Å². The Morgan fingerprint density at radius 2 is 2.03 bits per heavy atom. The van der Waals surface area contributed by atoms with Crippen LogP contribution in [0.25, 0.3) is 0 Å². The molecule has 1 saturated heterocycles. The monoisotopic (exact) mass is 440 g/mol. The Hall–Kier alpha value is -2.74. The number of hydrogen-bond donors (Lipinski definition) is 1. The van der Waals surface area contributed by atoms with E-state index < -0.39 is 6.04 Å². The van der Waals surface area contributed by atoms with Crippen molar-refractivity contribution in [3.05, 3.63) is 45.9 Å². The normalized spacial score (nSPS) is 18.6. The van der Waals surface area contributed by atoms with E-state index in [2.05, 4.69) is 36.5 Å². The second-order valence-corrected chi connectivity index (χ2v) is 10.0. The summed E-state index contributed by atoms with van der Waals surface area (Å²) in [7, 11) is 0. The van der Waals surface area contributed by atoms with Crippen molar-refractivity contribution >= 4 is 34.7 Å². The van der Waals surface area contributed by atoms with E-state index in [1.807, 2.05) is 0 Å². The summed E-state index contributed by atoms with van der Waals surface area (Å²) >= 11 is 1.60. The van der Waals surface area contributed by atoms with Gasteiger partial charge >= 0.3 is 0 Å². The van der Waals surface area contributed by atoms with Gasteiger partial charge in [0.1, 0.15) is 12.6 Å². The smallest absolute Gasteiger partial charge is 0.256 e. The lowest BCUT2D eigenvalue weighted by Crippen LogP contribution is -2.48. The largest absolute Gasteiger partial charge is 0.354 e. The Labute approximate surface area is 186 Å². The van der Waals surface area contributed by atoms with Gasteiger partial charge in [0.2, 0.25) is 11.8 Å². The van der Waals surface area contributed by atoms with Crippen LogP contribution in [-0.2, 0) is 21.4 Å². The van der Waals surface area contributed by atoms with Crippen LogP contribution in [0, 0.1) is 0 Å². The van der Waals surface area contributed by atoms with Crippen LogP contribution >= 0.6 is 11.3 Å². The number of benzene rings is 1. The lowest BCUT2D eigenvalue weighted by Gasteiger charge is -2.25. The molecule has 0 spiro atoms. The standard InChI is InChI=1S/C23H28N4O3S/c1-23(2,3)18-14-31-20(25-18)10-11-24-19(28)13-27-16-8-5-4-7-15(16)21(29)26-12-6-9-17(26)22(27)30/h4-5,7-8,14,17H,6,9-13H2,1-3H3,(H,24,28). The number of carbonyl (C=O) groups is 3. The number of nitrogens with zero attached hydrogens (tertiary/aromatic N) is 3. The summed E-state index contributed by atoms with van der Waals surface area (Å²) in [5.41, 5.74) is 2.04. The molecule has 3 amide bonds. The second kappa shape index (κ2) is 8.42. The molecule has 1 unspecified atom stereocenters. The van der Waals surface area contributed by atoms with Gasteiger partial charge in [-0.15, -0.1) is 11.3 Å². The molecule has 31 heavy (non-hydrogen) atoms. The van der Waals surface area contributed by atoms with Crippen molar-refractivity contribution in [1.29, 1.82) is 0 Å². The minimum absolute atomic E-state index is 0.00405. The van der Waals surface area contributed by atoms with E-state index in [4.69, 9.17) is 0 Å². The zero-order valence-corrected chi connectivity index (χ0v) is 19.0. The fraction of sp³-hybridized carbons (Fsp3) is 0.478. The summed E-state index contributed by atoms with van der Waals surface area (Å²) in [6, 6.07) is 6.56. The fourth-order valence-corrected chi connectivity index (χ4v) is 5.08. The molecule has 1 atom stereocenters. The number of nitrogens with one attached hydrogen (secondary N) is 1. The van der Waals surface area contributed by atoms with Gasteiger partial charge in [-0.05, 0) is 25.0 Å². The highest BCUT2D eigenvalue weighted by molar-refractivity contribution is 7.09. The molecular formula is C23H28N4O3S. The van der Waals surface area contributed by atoms with Crippen LogP contribution < -0.4 is 10.2 Å². The first-order valence-electron chi connectivity index (χ1n) is 10.7. The fourth-order valence-electron chi connectivity index (χ4n) is 4.05. The minimum Gasteiger partial charge on any atom is -0.354 e. The summed E-state index contributed by atoms with van der Waals surface area (Å²) in [6.45, 7) is 7.31. The molecule has 0 aliphatic carbocycles. The van der Waals surface area contributed by atoms with Crippen LogP contribution in [0.4, 0.5) is 5.69 Å². The Morgan fingerprint density at radius 3 is 2.77 bits per heavy atom. The molecule has 1 aromatic heterocycles. The Bertz CT molecular complexity index is 1010. The van der Waals surface area contributed by atoms with Crippen LogP contribution in [0.5, 0.6) is 0 Å². The molecule has 164 valence electrons. The number of hydrogen-bond acceptors (Lipinski definition) is 5. The van der Waals surface area contributed by atoms with Gasteiger partial charge in [-0.2, -0.15) is 0 Å². The number of aromatic nitrogens is 1. The van der Waals surface area contributed by atoms with Crippen molar-refractivity contribution in [1.82, 2.24) is 15.2 Å². The highest BCUT2D eigenvalue weighted by Crippen LogP contribution is 2.32.